The lowest BCUT2D eigenvalue weighted by Gasteiger charge is -2.32. The van der Waals surface area contributed by atoms with Gasteiger partial charge >= 0.3 is 0 Å². The highest BCUT2D eigenvalue weighted by Crippen LogP contribution is 2.25. The van der Waals surface area contributed by atoms with Crippen molar-refractivity contribution < 1.29 is 0 Å². The van der Waals surface area contributed by atoms with Crippen LogP contribution in [0, 0.1) is 16.7 Å². The molecule has 1 aliphatic rings. The van der Waals surface area contributed by atoms with E-state index >= 15 is 0 Å². The van der Waals surface area contributed by atoms with Crippen LogP contribution in [0.15, 0.2) is 24.3 Å². The molecule has 1 nitrogen and oxygen atoms in total. The molecule has 0 bridgehead atoms. The van der Waals surface area contributed by atoms with Crippen molar-refractivity contribution in [1.82, 2.24) is 4.90 Å². The van der Waals surface area contributed by atoms with Crippen LogP contribution < -0.4 is 0 Å². The molecule has 0 amide bonds. The number of nitrogens with zero attached hydrogens (tertiary/aromatic N) is 1. The maximum absolute atomic E-state index is 2.69. The molecule has 1 heteroatoms. The third-order valence-corrected chi connectivity index (χ3v) is 5.82. The fourth-order valence-corrected chi connectivity index (χ4v) is 3.94. The van der Waals surface area contributed by atoms with Crippen molar-refractivity contribution >= 4 is 0 Å². The molecule has 0 saturated carbocycles. The van der Waals surface area contributed by atoms with Crippen LogP contribution >= 0.6 is 0 Å². The summed E-state index contributed by atoms with van der Waals surface area (Å²) in [5, 5.41) is 0. The molecule has 0 atom stereocenters. The lowest BCUT2D eigenvalue weighted by molar-refractivity contribution is 0.174. The highest BCUT2D eigenvalue weighted by atomic mass is 15.1. The minimum atomic E-state index is 0.430. The normalized spacial score (nSPS) is 17.6. The van der Waals surface area contributed by atoms with Crippen LogP contribution in [0.4, 0.5) is 0 Å². The Labute approximate surface area is 163 Å². The summed E-state index contributed by atoms with van der Waals surface area (Å²) in [5.74, 6) is 0.884. The Morgan fingerprint density at radius 1 is 0.808 bits per heavy atom. The Hall–Kier alpha value is -0.820. The molecule has 1 saturated heterocycles. The summed E-state index contributed by atoms with van der Waals surface area (Å²) < 4.78 is 0. The maximum atomic E-state index is 2.69. The summed E-state index contributed by atoms with van der Waals surface area (Å²) in [6.07, 6.45) is 9.19. The Morgan fingerprint density at radius 3 is 1.88 bits per heavy atom. The summed E-state index contributed by atoms with van der Waals surface area (Å²) in [6, 6.07) is 9.49. The van der Waals surface area contributed by atoms with Gasteiger partial charge in [0.2, 0.25) is 0 Å². The van der Waals surface area contributed by atoms with Crippen LogP contribution in [0.25, 0.3) is 0 Å². The van der Waals surface area contributed by atoms with Gasteiger partial charge in [-0.25, -0.2) is 0 Å². The number of rotatable bonds is 7. The van der Waals surface area contributed by atoms with Gasteiger partial charge in [0.1, 0.15) is 0 Å². The maximum Gasteiger partial charge on any atom is -0.00160 e. The number of piperidine rings is 1. The standard InChI is InChI=1S/C25H43N/c1-24(2,3)15-7-17-26-18-13-23(14-19-26)20-22-10-8-21(9-11-22)12-16-25(4,5)6/h8-11,23H,7,12-20H2,1-6H3. The van der Waals surface area contributed by atoms with E-state index in [9.17, 15) is 0 Å². The summed E-state index contributed by atoms with van der Waals surface area (Å²) >= 11 is 0. The fraction of sp³-hybridized carbons (Fsp3) is 0.760. The molecule has 2 rings (SSSR count). The topological polar surface area (TPSA) is 3.24 Å². The first-order valence-corrected chi connectivity index (χ1v) is 10.9. The molecule has 26 heavy (non-hydrogen) atoms. The summed E-state index contributed by atoms with van der Waals surface area (Å²) in [5.41, 5.74) is 3.95. The molecule has 148 valence electrons. The van der Waals surface area contributed by atoms with E-state index in [2.05, 4.69) is 70.7 Å². The second kappa shape index (κ2) is 9.40. The predicted octanol–water partition coefficient (Wildman–Crippen LogP) is 6.75. The minimum Gasteiger partial charge on any atom is -0.303 e. The molecule has 0 radical (unpaired) electrons. The van der Waals surface area contributed by atoms with Crippen LogP contribution in [0.5, 0.6) is 0 Å². The van der Waals surface area contributed by atoms with E-state index in [0.717, 1.165) is 5.92 Å². The van der Waals surface area contributed by atoms with E-state index in [-0.39, 0.29) is 0 Å². The van der Waals surface area contributed by atoms with Gasteiger partial charge in [0.25, 0.3) is 0 Å². The Balaban J connectivity index is 1.69. The summed E-state index contributed by atoms with van der Waals surface area (Å²) in [4.78, 5) is 2.69. The van der Waals surface area contributed by atoms with E-state index in [1.165, 1.54) is 75.7 Å². The second-order valence-corrected chi connectivity index (χ2v) is 11.0. The lowest BCUT2D eigenvalue weighted by Crippen LogP contribution is -2.35. The number of benzene rings is 1. The predicted molar refractivity (Wildman–Crippen MR) is 116 cm³/mol. The van der Waals surface area contributed by atoms with Gasteiger partial charge in [-0.2, -0.15) is 0 Å². The van der Waals surface area contributed by atoms with Crippen molar-refractivity contribution in [3.63, 3.8) is 0 Å². The lowest BCUT2D eigenvalue weighted by atomic mass is 9.87. The molecule has 1 aromatic rings. The minimum absolute atomic E-state index is 0.430. The average molecular weight is 358 g/mol. The van der Waals surface area contributed by atoms with E-state index < -0.39 is 0 Å². The van der Waals surface area contributed by atoms with Crippen LogP contribution in [0.3, 0.4) is 0 Å². The first-order valence-electron chi connectivity index (χ1n) is 10.9. The number of aryl methyl sites for hydroxylation is 1. The molecule has 0 N–H and O–H groups in total. The third-order valence-electron chi connectivity index (χ3n) is 5.82. The van der Waals surface area contributed by atoms with Crippen LogP contribution in [0.2, 0.25) is 0 Å². The molecule has 1 heterocycles. The van der Waals surface area contributed by atoms with Gasteiger partial charge in [-0.3, -0.25) is 0 Å². The number of likely N-dealkylation sites (tertiary alicyclic amines) is 1. The zero-order valence-electron chi connectivity index (χ0n) is 18.4. The molecule has 1 fully saturated rings. The van der Waals surface area contributed by atoms with E-state index in [1.807, 2.05) is 0 Å². The SMILES string of the molecule is CC(C)(C)CCCN1CCC(Cc2ccc(CCC(C)(C)C)cc2)CC1. The molecular weight excluding hydrogens is 314 g/mol. The smallest absolute Gasteiger partial charge is 0.00160 e. The second-order valence-electron chi connectivity index (χ2n) is 11.0. The highest BCUT2D eigenvalue weighted by molar-refractivity contribution is 5.23. The Morgan fingerprint density at radius 2 is 1.35 bits per heavy atom. The zero-order valence-corrected chi connectivity index (χ0v) is 18.4. The van der Waals surface area contributed by atoms with E-state index in [4.69, 9.17) is 0 Å². The van der Waals surface area contributed by atoms with E-state index in [0.29, 0.717) is 10.8 Å². The largest absolute Gasteiger partial charge is 0.303 e. The van der Waals surface area contributed by atoms with Gasteiger partial charge in [-0.05, 0) is 92.5 Å². The molecule has 0 unspecified atom stereocenters. The van der Waals surface area contributed by atoms with Crippen LogP contribution in [0.1, 0.15) is 84.8 Å². The number of hydrogen-bond acceptors (Lipinski definition) is 1. The molecule has 1 aliphatic heterocycles. The van der Waals surface area contributed by atoms with Crippen molar-refractivity contribution in [3.8, 4) is 0 Å². The first-order chi connectivity index (χ1) is 12.1. The molecule has 0 aromatic heterocycles. The summed E-state index contributed by atoms with van der Waals surface area (Å²) in [7, 11) is 0. The van der Waals surface area contributed by atoms with Crippen molar-refractivity contribution in [2.45, 2.75) is 86.5 Å². The van der Waals surface area contributed by atoms with Gasteiger partial charge < -0.3 is 4.90 Å². The van der Waals surface area contributed by atoms with Crippen molar-refractivity contribution in [2.75, 3.05) is 19.6 Å². The van der Waals surface area contributed by atoms with Gasteiger partial charge in [0, 0.05) is 0 Å². The Bertz CT molecular complexity index is 507. The Kier molecular flexibility index (Phi) is 7.76. The summed E-state index contributed by atoms with van der Waals surface area (Å²) in [6.45, 7) is 18.0. The van der Waals surface area contributed by atoms with Crippen molar-refractivity contribution in [2.24, 2.45) is 16.7 Å². The van der Waals surface area contributed by atoms with Gasteiger partial charge in [-0.15, -0.1) is 0 Å². The molecular formula is C25H43N. The highest BCUT2D eigenvalue weighted by Gasteiger charge is 2.20. The van der Waals surface area contributed by atoms with Gasteiger partial charge in [0.15, 0.2) is 0 Å². The van der Waals surface area contributed by atoms with Gasteiger partial charge in [0.05, 0.1) is 0 Å². The monoisotopic (exact) mass is 357 g/mol. The average Bonchev–Trinajstić information content (AvgIpc) is 2.54. The molecule has 0 aliphatic carbocycles. The third kappa shape index (κ3) is 8.71. The van der Waals surface area contributed by atoms with Crippen LogP contribution in [-0.2, 0) is 12.8 Å². The van der Waals surface area contributed by atoms with Crippen molar-refractivity contribution in [1.29, 1.82) is 0 Å². The van der Waals surface area contributed by atoms with Crippen molar-refractivity contribution in [3.05, 3.63) is 35.4 Å². The molecule has 0 spiro atoms. The molecule has 1 aromatic carbocycles. The van der Waals surface area contributed by atoms with Crippen LogP contribution in [-0.4, -0.2) is 24.5 Å². The quantitative estimate of drug-likeness (QED) is 0.522. The number of hydrogen-bond donors (Lipinski definition) is 0. The fourth-order valence-electron chi connectivity index (χ4n) is 3.94. The first kappa shape index (κ1) is 21.5. The van der Waals surface area contributed by atoms with E-state index in [1.54, 1.807) is 0 Å². The van der Waals surface area contributed by atoms with Gasteiger partial charge in [-0.1, -0.05) is 65.8 Å². The zero-order chi connectivity index (χ0) is 19.2.